The monoisotopic (exact) mass is 332 g/mol. The zero-order valence-electron chi connectivity index (χ0n) is 14.6. The molecule has 0 aliphatic heterocycles. The standard InChI is InChI=1S/C18H28N4O2/c1-3-19-17(21-15-7-5-4-6-8-15)20-13-14-9-11-16(12-10-14)22-18(23)24-2/h9-12,15H,3-8,13H2,1-2H3,(H,22,23)(H2,19,20,21). The highest BCUT2D eigenvalue weighted by atomic mass is 16.5. The van der Waals surface area contributed by atoms with Crippen LogP contribution in [0.15, 0.2) is 29.3 Å². The Hall–Kier alpha value is -2.24. The van der Waals surface area contributed by atoms with Gasteiger partial charge in [0.05, 0.1) is 13.7 Å². The molecule has 2 rings (SSSR count). The van der Waals surface area contributed by atoms with E-state index in [0.717, 1.165) is 18.1 Å². The second-order valence-corrected chi connectivity index (χ2v) is 5.99. The van der Waals surface area contributed by atoms with Gasteiger partial charge >= 0.3 is 6.09 Å². The number of carbonyl (C=O) groups is 1. The van der Waals surface area contributed by atoms with Gasteiger partial charge in [-0.25, -0.2) is 9.79 Å². The number of hydrogen-bond donors (Lipinski definition) is 3. The first-order valence-electron chi connectivity index (χ1n) is 8.70. The number of amides is 1. The van der Waals surface area contributed by atoms with Gasteiger partial charge in [-0.1, -0.05) is 31.4 Å². The Bertz CT molecular complexity index is 536. The number of ether oxygens (including phenoxy) is 1. The third-order valence-electron chi connectivity index (χ3n) is 4.10. The Morgan fingerprint density at radius 2 is 1.92 bits per heavy atom. The van der Waals surface area contributed by atoms with E-state index in [1.54, 1.807) is 0 Å². The number of guanidine groups is 1. The lowest BCUT2D eigenvalue weighted by Crippen LogP contribution is -2.44. The zero-order valence-corrected chi connectivity index (χ0v) is 14.6. The van der Waals surface area contributed by atoms with Crippen LogP contribution in [0, 0.1) is 0 Å². The largest absolute Gasteiger partial charge is 0.453 e. The van der Waals surface area contributed by atoms with Crippen LogP contribution < -0.4 is 16.0 Å². The van der Waals surface area contributed by atoms with E-state index in [2.05, 4.69) is 32.6 Å². The van der Waals surface area contributed by atoms with Crippen molar-refractivity contribution in [2.24, 2.45) is 4.99 Å². The highest BCUT2D eigenvalue weighted by Crippen LogP contribution is 2.17. The van der Waals surface area contributed by atoms with Gasteiger partial charge in [0.1, 0.15) is 0 Å². The van der Waals surface area contributed by atoms with Gasteiger partial charge in [-0.2, -0.15) is 0 Å². The molecule has 1 aliphatic carbocycles. The molecule has 24 heavy (non-hydrogen) atoms. The fraction of sp³-hybridized carbons (Fsp3) is 0.556. The summed E-state index contributed by atoms with van der Waals surface area (Å²) >= 11 is 0. The normalized spacial score (nSPS) is 15.7. The molecule has 3 N–H and O–H groups in total. The van der Waals surface area contributed by atoms with Gasteiger partial charge in [0.15, 0.2) is 5.96 Å². The van der Waals surface area contributed by atoms with Gasteiger partial charge in [-0.05, 0) is 37.5 Å². The molecule has 1 amide bonds. The predicted octanol–water partition coefficient (Wildman–Crippen LogP) is 3.25. The maximum absolute atomic E-state index is 11.2. The average molecular weight is 332 g/mol. The molecule has 0 unspecified atom stereocenters. The van der Waals surface area contributed by atoms with Crippen LogP contribution >= 0.6 is 0 Å². The average Bonchev–Trinajstić information content (AvgIpc) is 2.62. The van der Waals surface area contributed by atoms with E-state index in [-0.39, 0.29) is 0 Å². The Kier molecular flexibility index (Phi) is 7.39. The summed E-state index contributed by atoms with van der Waals surface area (Å²) in [6.07, 6.45) is 5.92. The minimum atomic E-state index is -0.466. The van der Waals surface area contributed by atoms with Crippen LogP contribution in [-0.4, -0.2) is 31.7 Å². The van der Waals surface area contributed by atoms with Crippen LogP contribution in [0.1, 0.15) is 44.6 Å². The number of hydrogen-bond acceptors (Lipinski definition) is 3. The van der Waals surface area contributed by atoms with Crippen molar-refractivity contribution in [3.05, 3.63) is 29.8 Å². The molecule has 1 saturated carbocycles. The first-order valence-corrected chi connectivity index (χ1v) is 8.70. The van der Waals surface area contributed by atoms with Crippen molar-refractivity contribution in [3.63, 3.8) is 0 Å². The molecular weight excluding hydrogens is 304 g/mol. The second kappa shape index (κ2) is 9.80. The van der Waals surface area contributed by atoms with Crippen LogP contribution in [0.25, 0.3) is 0 Å². The lowest BCUT2D eigenvalue weighted by molar-refractivity contribution is 0.187. The second-order valence-electron chi connectivity index (χ2n) is 5.99. The highest BCUT2D eigenvalue weighted by molar-refractivity contribution is 5.84. The molecule has 132 valence electrons. The molecule has 0 aromatic heterocycles. The summed E-state index contributed by atoms with van der Waals surface area (Å²) in [7, 11) is 1.35. The summed E-state index contributed by atoms with van der Waals surface area (Å²) in [4.78, 5) is 15.8. The predicted molar refractivity (Wildman–Crippen MR) is 97.3 cm³/mol. The van der Waals surface area contributed by atoms with Crippen molar-refractivity contribution >= 4 is 17.7 Å². The molecular formula is C18H28N4O2. The number of rotatable bonds is 5. The fourth-order valence-electron chi connectivity index (χ4n) is 2.79. The maximum Gasteiger partial charge on any atom is 0.411 e. The summed E-state index contributed by atoms with van der Waals surface area (Å²) in [5.41, 5.74) is 1.80. The Labute approximate surface area is 144 Å². The molecule has 0 radical (unpaired) electrons. The zero-order chi connectivity index (χ0) is 17.2. The molecule has 6 nitrogen and oxygen atoms in total. The van der Waals surface area contributed by atoms with E-state index < -0.39 is 6.09 Å². The van der Waals surface area contributed by atoms with Crippen LogP contribution in [0.5, 0.6) is 0 Å². The van der Waals surface area contributed by atoms with Crippen molar-refractivity contribution in [1.29, 1.82) is 0 Å². The third-order valence-corrected chi connectivity index (χ3v) is 4.10. The Morgan fingerprint density at radius 1 is 1.21 bits per heavy atom. The van der Waals surface area contributed by atoms with Gasteiger partial charge < -0.3 is 15.4 Å². The number of nitrogens with zero attached hydrogens (tertiary/aromatic N) is 1. The number of carbonyl (C=O) groups excluding carboxylic acids is 1. The molecule has 0 spiro atoms. The fourth-order valence-corrected chi connectivity index (χ4v) is 2.79. The van der Waals surface area contributed by atoms with Crippen LogP contribution in [0.2, 0.25) is 0 Å². The summed E-state index contributed by atoms with van der Waals surface area (Å²) < 4.78 is 4.57. The van der Waals surface area contributed by atoms with Crippen LogP contribution in [0.3, 0.4) is 0 Å². The van der Waals surface area contributed by atoms with Crippen molar-refractivity contribution in [3.8, 4) is 0 Å². The van der Waals surface area contributed by atoms with Gasteiger partial charge in [0, 0.05) is 18.3 Å². The van der Waals surface area contributed by atoms with Crippen molar-refractivity contribution in [2.75, 3.05) is 19.0 Å². The Balaban J connectivity index is 1.91. The quantitative estimate of drug-likeness (QED) is 0.571. The molecule has 1 fully saturated rings. The highest BCUT2D eigenvalue weighted by Gasteiger charge is 2.14. The van der Waals surface area contributed by atoms with E-state index in [4.69, 9.17) is 0 Å². The van der Waals surface area contributed by atoms with E-state index in [0.29, 0.717) is 18.3 Å². The molecule has 6 heteroatoms. The molecule has 0 saturated heterocycles. The summed E-state index contributed by atoms with van der Waals surface area (Å²) in [6, 6.07) is 8.15. The van der Waals surface area contributed by atoms with Gasteiger partial charge in [0.2, 0.25) is 0 Å². The smallest absolute Gasteiger partial charge is 0.411 e. The Morgan fingerprint density at radius 3 is 2.54 bits per heavy atom. The summed E-state index contributed by atoms with van der Waals surface area (Å²) in [5, 5.41) is 9.48. The minimum absolute atomic E-state index is 0.466. The SMILES string of the molecule is CCNC(=NCc1ccc(NC(=O)OC)cc1)NC1CCCCC1. The lowest BCUT2D eigenvalue weighted by atomic mass is 9.96. The van der Waals surface area contributed by atoms with Crippen LogP contribution in [-0.2, 0) is 11.3 Å². The van der Waals surface area contributed by atoms with E-state index in [1.807, 2.05) is 24.3 Å². The number of aliphatic imine (C=N–C) groups is 1. The van der Waals surface area contributed by atoms with Gasteiger partial charge in [-0.3, -0.25) is 5.32 Å². The molecule has 1 aromatic rings. The first kappa shape index (κ1) is 18.1. The number of methoxy groups -OCH3 is 1. The molecule has 1 aromatic carbocycles. The maximum atomic E-state index is 11.2. The number of nitrogens with one attached hydrogen (secondary N) is 3. The number of anilines is 1. The third kappa shape index (κ3) is 6.10. The van der Waals surface area contributed by atoms with Crippen molar-refractivity contribution in [2.45, 2.75) is 51.6 Å². The van der Waals surface area contributed by atoms with E-state index in [9.17, 15) is 4.79 Å². The van der Waals surface area contributed by atoms with Crippen LogP contribution in [0.4, 0.5) is 10.5 Å². The molecule has 0 atom stereocenters. The minimum Gasteiger partial charge on any atom is -0.453 e. The first-order chi connectivity index (χ1) is 11.7. The van der Waals surface area contributed by atoms with Crippen molar-refractivity contribution in [1.82, 2.24) is 10.6 Å². The van der Waals surface area contributed by atoms with Crippen molar-refractivity contribution < 1.29 is 9.53 Å². The molecule has 0 bridgehead atoms. The molecule has 1 aliphatic rings. The summed E-state index contributed by atoms with van der Waals surface area (Å²) in [6.45, 7) is 3.52. The van der Waals surface area contributed by atoms with Gasteiger partial charge in [-0.15, -0.1) is 0 Å². The lowest BCUT2D eigenvalue weighted by Gasteiger charge is -2.24. The number of benzene rings is 1. The van der Waals surface area contributed by atoms with Gasteiger partial charge in [0.25, 0.3) is 0 Å². The molecule has 0 heterocycles. The van der Waals surface area contributed by atoms with E-state index in [1.165, 1.54) is 39.2 Å². The topological polar surface area (TPSA) is 74.8 Å². The van der Waals surface area contributed by atoms with E-state index >= 15 is 0 Å². The summed E-state index contributed by atoms with van der Waals surface area (Å²) in [5.74, 6) is 0.876.